The summed E-state index contributed by atoms with van der Waals surface area (Å²) in [7, 11) is 0. The lowest BCUT2D eigenvalue weighted by Gasteiger charge is -2.08. The van der Waals surface area contributed by atoms with Gasteiger partial charge in [0.05, 0.1) is 33.6 Å². The number of alkyl halides is 1. The monoisotopic (exact) mass is 357 g/mol. The third kappa shape index (κ3) is 2.33. The fourth-order valence-corrected chi connectivity index (χ4v) is 2.59. The van der Waals surface area contributed by atoms with E-state index in [1.54, 1.807) is 18.3 Å². The summed E-state index contributed by atoms with van der Waals surface area (Å²) < 4.78 is 21.0. The Balaban J connectivity index is 2.20. The molecule has 0 saturated carbocycles. The second-order valence-electron chi connectivity index (χ2n) is 4.41. The summed E-state index contributed by atoms with van der Waals surface area (Å²) in [5, 5.41) is 3.38. The van der Waals surface area contributed by atoms with E-state index >= 15 is 0 Å². The van der Waals surface area contributed by atoms with Crippen molar-refractivity contribution < 1.29 is 8.91 Å². The van der Waals surface area contributed by atoms with Gasteiger partial charge in [0.15, 0.2) is 5.76 Å². The Hall–Kier alpha value is -1.40. The molecule has 3 aromatic rings. The molecule has 104 valence electrons. The molecule has 0 aliphatic heterocycles. The van der Waals surface area contributed by atoms with Crippen LogP contribution in [0.5, 0.6) is 0 Å². The number of rotatable bonds is 3. The predicted octanol–water partition coefficient (Wildman–Crippen LogP) is 4.27. The van der Waals surface area contributed by atoms with Crippen molar-refractivity contribution in [2.24, 2.45) is 0 Å². The second kappa shape index (κ2) is 5.18. The van der Waals surface area contributed by atoms with E-state index < -0.39 is 0 Å². The van der Waals surface area contributed by atoms with Crippen LogP contribution in [0.25, 0.3) is 11.0 Å². The van der Waals surface area contributed by atoms with Crippen LogP contribution in [0.1, 0.15) is 23.9 Å². The Labute approximate surface area is 127 Å². The van der Waals surface area contributed by atoms with Crippen LogP contribution in [0.15, 0.2) is 33.4 Å². The molecule has 0 spiro atoms. The number of halogens is 3. The Morgan fingerprint density at radius 1 is 1.50 bits per heavy atom. The van der Waals surface area contributed by atoms with Gasteiger partial charge in [0.2, 0.25) is 0 Å². The summed E-state index contributed by atoms with van der Waals surface area (Å²) in [6.07, 6.45) is 1.58. The molecule has 0 bridgehead atoms. The highest BCUT2D eigenvalue weighted by Crippen LogP contribution is 2.29. The summed E-state index contributed by atoms with van der Waals surface area (Å²) in [5.41, 5.74) is 1.35. The molecular weight excluding hydrogens is 349 g/mol. The van der Waals surface area contributed by atoms with Crippen molar-refractivity contribution in [2.45, 2.75) is 18.8 Å². The van der Waals surface area contributed by atoms with E-state index in [9.17, 15) is 4.39 Å². The Kier molecular flexibility index (Phi) is 3.52. The summed E-state index contributed by atoms with van der Waals surface area (Å²) in [6.45, 7) is 2.27. The summed E-state index contributed by atoms with van der Waals surface area (Å²) in [4.78, 5) is 4.40. The zero-order valence-electron chi connectivity index (χ0n) is 10.5. The molecule has 3 rings (SSSR count). The normalized spacial score (nSPS) is 13.0. The average molecular weight is 359 g/mol. The minimum atomic E-state index is -0.351. The summed E-state index contributed by atoms with van der Waals surface area (Å²) >= 11 is 9.35. The summed E-state index contributed by atoms with van der Waals surface area (Å²) in [5.74, 6) is 0.995. The highest BCUT2D eigenvalue weighted by molar-refractivity contribution is 9.10. The SMILES string of the molecule is CC(Cl)c1nc2cc(F)c(Br)cc2n1Cc1ccno1. The van der Waals surface area contributed by atoms with E-state index in [2.05, 4.69) is 26.1 Å². The van der Waals surface area contributed by atoms with E-state index in [0.717, 1.165) is 5.52 Å². The van der Waals surface area contributed by atoms with Crippen molar-refractivity contribution in [2.75, 3.05) is 0 Å². The maximum atomic E-state index is 13.6. The first kappa shape index (κ1) is 13.6. The van der Waals surface area contributed by atoms with Gasteiger partial charge in [-0.3, -0.25) is 0 Å². The molecule has 4 nitrogen and oxygen atoms in total. The molecule has 1 atom stereocenters. The molecule has 0 fully saturated rings. The van der Waals surface area contributed by atoms with Crippen LogP contribution in [0, 0.1) is 5.82 Å². The van der Waals surface area contributed by atoms with Gasteiger partial charge in [0.25, 0.3) is 0 Å². The molecule has 20 heavy (non-hydrogen) atoms. The number of nitrogens with zero attached hydrogens (tertiary/aromatic N) is 3. The molecule has 0 N–H and O–H groups in total. The van der Waals surface area contributed by atoms with Crippen molar-refractivity contribution >= 4 is 38.6 Å². The lowest BCUT2D eigenvalue weighted by molar-refractivity contribution is 0.376. The molecule has 1 aromatic carbocycles. The number of fused-ring (bicyclic) bond motifs is 1. The summed E-state index contributed by atoms with van der Waals surface area (Å²) in [6, 6.07) is 4.85. The smallest absolute Gasteiger partial charge is 0.156 e. The number of hydrogen-bond donors (Lipinski definition) is 0. The van der Waals surface area contributed by atoms with Gasteiger partial charge in [-0.25, -0.2) is 9.37 Å². The highest BCUT2D eigenvalue weighted by Gasteiger charge is 2.17. The molecule has 0 aliphatic rings. The largest absolute Gasteiger partial charge is 0.359 e. The minimum absolute atomic E-state index is 0.299. The van der Waals surface area contributed by atoms with Gasteiger partial charge in [0, 0.05) is 12.1 Å². The van der Waals surface area contributed by atoms with Crippen molar-refractivity contribution in [1.29, 1.82) is 0 Å². The van der Waals surface area contributed by atoms with Crippen LogP contribution in [0.2, 0.25) is 0 Å². The molecule has 0 aliphatic carbocycles. The van der Waals surface area contributed by atoms with Crippen LogP contribution in [-0.4, -0.2) is 14.7 Å². The van der Waals surface area contributed by atoms with E-state index in [-0.39, 0.29) is 11.2 Å². The molecule has 2 heterocycles. The Morgan fingerprint density at radius 3 is 2.95 bits per heavy atom. The van der Waals surface area contributed by atoms with Gasteiger partial charge in [-0.15, -0.1) is 11.6 Å². The third-order valence-corrected chi connectivity index (χ3v) is 3.78. The van der Waals surface area contributed by atoms with Crippen molar-refractivity contribution in [3.05, 3.63) is 46.3 Å². The topological polar surface area (TPSA) is 43.9 Å². The standard InChI is InChI=1S/C13H10BrClFN3O/c1-7(15)13-18-11-5-10(16)9(14)4-12(11)19(13)6-8-2-3-17-20-8/h2-5,7H,6H2,1H3. The first-order chi connectivity index (χ1) is 9.56. The first-order valence-corrected chi connectivity index (χ1v) is 7.18. The second-order valence-corrected chi connectivity index (χ2v) is 5.91. The van der Waals surface area contributed by atoms with Gasteiger partial charge >= 0.3 is 0 Å². The molecular formula is C13H10BrClFN3O. The zero-order valence-corrected chi connectivity index (χ0v) is 12.8. The van der Waals surface area contributed by atoms with Crippen molar-refractivity contribution in [1.82, 2.24) is 14.7 Å². The number of benzene rings is 1. The van der Waals surface area contributed by atoms with E-state index in [0.29, 0.717) is 28.1 Å². The highest BCUT2D eigenvalue weighted by atomic mass is 79.9. The number of imidazole rings is 1. The van der Waals surface area contributed by atoms with Gasteiger partial charge in [-0.05, 0) is 28.9 Å². The van der Waals surface area contributed by atoms with Crippen LogP contribution in [-0.2, 0) is 6.54 Å². The lowest BCUT2D eigenvalue weighted by atomic mass is 10.3. The Morgan fingerprint density at radius 2 is 2.30 bits per heavy atom. The number of hydrogen-bond acceptors (Lipinski definition) is 3. The maximum absolute atomic E-state index is 13.6. The molecule has 1 unspecified atom stereocenters. The fraction of sp³-hybridized carbons (Fsp3) is 0.231. The minimum Gasteiger partial charge on any atom is -0.359 e. The van der Waals surface area contributed by atoms with Crippen LogP contribution >= 0.6 is 27.5 Å². The zero-order chi connectivity index (χ0) is 14.3. The van der Waals surface area contributed by atoms with E-state index in [1.165, 1.54) is 6.07 Å². The van der Waals surface area contributed by atoms with Gasteiger partial charge in [-0.1, -0.05) is 5.16 Å². The van der Waals surface area contributed by atoms with Crippen LogP contribution in [0.4, 0.5) is 4.39 Å². The molecule has 0 radical (unpaired) electrons. The fourth-order valence-electron chi connectivity index (χ4n) is 2.09. The Bertz CT molecular complexity index is 755. The first-order valence-electron chi connectivity index (χ1n) is 5.95. The van der Waals surface area contributed by atoms with Gasteiger partial charge in [-0.2, -0.15) is 0 Å². The van der Waals surface area contributed by atoms with Gasteiger partial charge < -0.3 is 9.09 Å². The number of aromatic nitrogens is 3. The average Bonchev–Trinajstić information content (AvgIpc) is 3.00. The quantitative estimate of drug-likeness (QED) is 0.657. The van der Waals surface area contributed by atoms with Crippen molar-refractivity contribution in [3.8, 4) is 0 Å². The van der Waals surface area contributed by atoms with E-state index in [1.807, 2.05) is 11.5 Å². The third-order valence-electron chi connectivity index (χ3n) is 2.98. The molecule has 0 amide bonds. The van der Waals surface area contributed by atoms with E-state index in [4.69, 9.17) is 16.1 Å². The molecule has 2 aromatic heterocycles. The van der Waals surface area contributed by atoms with Crippen LogP contribution < -0.4 is 0 Å². The molecule has 0 saturated heterocycles. The van der Waals surface area contributed by atoms with Crippen molar-refractivity contribution in [3.63, 3.8) is 0 Å². The van der Waals surface area contributed by atoms with Crippen LogP contribution in [0.3, 0.4) is 0 Å². The molecule has 7 heteroatoms. The predicted molar refractivity (Wildman–Crippen MR) is 77.3 cm³/mol. The lowest BCUT2D eigenvalue weighted by Crippen LogP contribution is -2.05. The maximum Gasteiger partial charge on any atom is 0.156 e. The van der Waals surface area contributed by atoms with Gasteiger partial charge in [0.1, 0.15) is 11.6 Å².